The lowest BCUT2D eigenvalue weighted by Crippen LogP contribution is -2.21. The highest BCUT2D eigenvalue weighted by Crippen LogP contribution is 2.26. The van der Waals surface area contributed by atoms with Crippen molar-refractivity contribution in [2.75, 3.05) is 18.2 Å². The highest BCUT2D eigenvalue weighted by molar-refractivity contribution is 5.96. The molecule has 0 bridgehead atoms. The maximum absolute atomic E-state index is 11.9. The van der Waals surface area contributed by atoms with Crippen molar-refractivity contribution in [3.63, 3.8) is 0 Å². The van der Waals surface area contributed by atoms with E-state index in [1.807, 2.05) is 12.2 Å². The third-order valence-corrected chi connectivity index (χ3v) is 2.90. The molecule has 0 saturated heterocycles. The first-order valence-corrected chi connectivity index (χ1v) is 5.60. The van der Waals surface area contributed by atoms with Crippen LogP contribution in [-0.2, 0) is 4.79 Å². The van der Waals surface area contributed by atoms with Gasteiger partial charge in [0.2, 0.25) is 5.91 Å². The molecule has 0 fully saturated rings. The first-order valence-electron chi connectivity index (χ1n) is 5.60. The van der Waals surface area contributed by atoms with Crippen LogP contribution >= 0.6 is 0 Å². The highest BCUT2D eigenvalue weighted by atomic mass is 16.5. The van der Waals surface area contributed by atoms with E-state index in [9.17, 15) is 4.79 Å². The Morgan fingerprint density at radius 3 is 2.76 bits per heavy atom. The Bertz CT molecular complexity index is 447. The van der Waals surface area contributed by atoms with Gasteiger partial charge < -0.3 is 15.8 Å². The summed E-state index contributed by atoms with van der Waals surface area (Å²) < 4.78 is 5.10. The van der Waals surface area contributed by atoms with Crippen molar-refractivity contribution in [3.8, 4) is 5.75 Å². The number of nitrogen functional groups attached to an aromatic ring is 1. The monoisotopic (exact) mass is 232 g/mol. The SMILES string of the molecule is COc1ccc(N)c(NC(=O)C2CC=CC2)c1. The molecule has 0 saturated carbocycles. The Morgan fingerprint density at radius 2 is 2.12 bits per heavy atom. The molecule has 0 aromatic heterocycles. The normalized spacial score (nSPS) is 14.9. The number of allylic oxidation sites excluding steroid dienone is 2. The van der Waals surface area contributed by atoms with Gasteiger partial charge in [0.15, 0.2) is 0 Å². The van der Waals surface area contributed by atoms with E-state index in [1.165, 1.54) is 0 Å². The highest BCUT2D eigenvalue weighted by Gasteiger charge is 2.19. The zero-order valence-corrected chi connectivity index (χ0v) is 9.77. The van der Waals surface area contributed by atoms with Crippen molar-refractivity contribution in [1.29, 1.82) is 0 Å². The number of methoxy groups -OCH3 is 1. The summed E-state index contributed by atoms with van der Waals surface area (Å²) in [4.78, 5) is 11.9. The topological polar surface area (TPSA) is 64.3 Å². The van der Waals surface area contributed by atoms with Gasteiger partial charge in [0.25, 0.3) is 0 Å². The Balaban J connectivity index is 2.09. The molecule has 0 unspecified atom stereocenters. The lowest BCUT2D eigenvalue weighted by atomic mass is 10.1. The Hall–Kier alpha value is -1.97. The summed E-state index contributed by atoms with van der Waals surface area (Å²) in [6.07, 6.45) is 5.66. The molecule has 0 radical (unpaired) electrons. The fourth-order valence-electron chi connectivity index (χ4n) is 1.84. The third kappa shape index (κ3) is 2.58. The minimum Gasteiger partial charge on any atom is -0.497 e. The lowest BCUT2D eigenvalue weighted by Gasteiger charge is -2.13. The molecule has 0 heterocycles. The second-order valence-corrected chi connectivity index (χ2v) is 4.08. The predicted molar refractivity (Wildman–Crippen MR) is 67.9 cm³/mol. The number of amides is 1. The summed E-state index contributed by atoms with van der Waals surface area (Å²) in [6.45, 7) is 0. The molecule has 1 aromatic rings. The van der Waals surface area contributed by atoms with Crippen LogP contribution in [0.15, 0.2) is 30.4 Å². The molecule has 0 atom stereocenters. The van der Waals surface area contributed by atoms with Crippen molar-refractivity contribution in [3.05, 3.63) is 30.4 Å². The second-order valence-electron chi connectivity index (χ2n) is 4.08. The van der Waals surface area contributed by atoms with Crippen LogP contribution in [0.4, 0.5) is 11.4 Å². The van der Waals surface area contributed by atoms with Gasteiger partial charge in [-0.1, -0.05) is 12.2 Å². The summed E-state index contributed by atoms with van der Waals surface area (Å²) in [5.74, 6) is 0.717. The van der Waals surface area contributed by atoms with Crippen molar-refractivity contribution >= 4 is 17.3 Å². The molecule has 1 amide bonds. The van der Waals surface area contributed by atoms with Crippen LogP contribution in [-0.4, -0.2) is 13.0 Å². The fraction of sp³-hybridized carbons (Fsp3) is 0.308. The number of hydrogen-bond acceptors (Lipinski definition) is 3. The Labute approximate surface area is 100 Å². The Morgan fingerprint density at radius 1 is 1.41 bits per heavy atom. The van der Waals surface area contributed by atoms with Crippen LogP contribution in [0, 0.1) is 5.92 Å². The summed E-state index contributed by atoms with van der Waals surface area (Å²) in [7, 11) is 1.58. The van der Waals surface area contributed by atoms with Gasteiger partial charge in [0.1, 0.15) is 5.75 Å². The average Bonchev–Trinajstić information content (AvgIpc) is 2.85. The molecular weight excluding hydrogens is 216 g/mol. The molecule has 17 heavy (non-hydrogen) atoms. The van der Waals surface area contributed by atoms with Crippen LogP contribution in [0.1, 0.15) is 12.8 Å². The van der Waals surface area contributed by atoms with Crippen LogP contribution in [0.25, 0.3) is 0 Å². The zero-order valence-electron chi connectivity index (χ0n) is 9.77. The van der Waals surface area contributed by atoms with E-state index < -0.39 is 0 Å². The molecule has 2 rings (SSSR count). The lowest BCUT2D eigenvalue weighted by molar-refractivity contribution is -0.119. The van der Waals surface area contributed by atoms with Crippen LogP contribution in [0.2, 0.25) is 0 Å². The number of carbonyl (C=O) groups excluding carboxylic acids is 1. The van der Waals surface area contributed by atoms with E-state index >= 15 is 0 Å². The number of hydrogen-bond donors (Lipinski definition) is 2. The maximum Gasteiger partial charge on any atom is 0.228 e. The quantitative estimate of drug-likeness (QED) is 0.620. The van der Waals surface area contributed by atoms with E-state index in [2.05, 4.69) is 5.32 Å². The predicted octanol–water partition coefficient (Wildman–Crippen LogP) is 2.18. The van der Waals surface area contributed by atoms with E-state index in [0.717, 1.165) is 12.8 Å². The van der Waals surface area contributed by atoms with Crippen molar-refractivity contribution in [2.24, 2.45) is 5.92 Å². The molecule has 1 aliphatic carbocycles. The largest absolute Gasteiger partial charge is 0.497 e. The zero-order chi connectivity index (χ0) is 12.3. The second kappa shape index (κ2) is 4.91. The minimum absolute atomic E-state index is 0.00922. The minimum atomic E-state index is 0.00922. The number of ether oxygens (including phenoxy) is 1. The molecule has 4 heteroatoms. The van der Waals surface area contributed by atoms with Gasteiger partial charge in [-0.2, -0.15) is 0 Å². The summed E-state index contributed by atoms with van der Waals surface area (Å²) >= 11 is 0. The average molecular weight is 232 g/mol. The molecule has 1 aromatic carbocycles. The van der Waals surface area contributed by atoms with Gasteiger partial charge >= 0.3 is 0 Å². The molecule has 0 aliphatic heterocycles. The smallest absolute Gasteiger partial charge is 0.228 e. The first-order chi connectivity index (χ1) is 8.20. The molecule has 3 N–H and O–H groups in total. The van der Waals surface area contributed by atoms with Crippen LogP contribution in [0.3, 0.4) is 0 Å². The van der Waals surface area contributed by atoms with Gasteiger partial charge in [0.05, 0.1) is 18.5 Å². The van der Waals surface area contributed by atoms with Crippen LogP contribution < -0.4 is 15.8 Å². The van der Waals surface area contributed by atoms with Crippen molar-refractivity contribution in [1.82, 2.24) is 0 Å². The van der Waals surface area contributed by atoms with Gasteiger partial charge in [0, 0.05) is 12.0 Å². The number of carbonyl (C=O) groups is 1. The standard InChI is InChI=1S/C13H16N2O2/c1-17-10-6-7-11(14)12(8-10)15-13(16)9-4-2-3-5-9/h2-3,6-9H,4-5,14H2,1H3,(H,15,16). The van der Waals surface area contributed by atoms with Crippen LogP contribution in [0.5, 0.6) is 5.75 Å². The van der Waals surface area contributed by atoms with Gasteiger partial charge in [-0.05, 0) is 25.0 Å². The summed E-state index contributed by atoms with van der Waals surface area (Å²) in [5, 5.41) is 2.84. The molecule has 4 nitrogen and oxygen atoms in total. The number of benzene rings is 1. The number of rotatable bonds is 3. The summed E-state index contributed by atoms with van der Waals surface area (Å²) in [6, 6.07) is 5.22. The van der Waals surface area contributed by atoms with E-state index in [1.54, 1.807) is 25.3 Å². The number of anilines is 2. The molecule has 1 aliphatic rings. The van der Waals surface area contributed by atoms with E-state index in [0.29, 0.717) is 17.1 Å². The molecular formula is C13H16N2O2. The first kappa shape index (κ1) is 11.5. The Kier molecular flexibility index (Phi) is 3.32. The van der Waals surface area contributed by atoms with Crippen molar-refractivity contribution in [2.45, 2.75) is 12.8 Å². The van der Waals surface area contributed by atoms with E-state index in [-0.39, 0.29) is 11.8 Å². The number of nitrogens with one attached hydrogen (secondary N) is 1. The fourth-order valence-corrected chi connectivity index (χ4v) is 1.84. The number of nitrogens with two attached hydrogens (primary N) is 1. The summed E-state index contributed by atoms with van der Waals surface area (Å²) in [5.41, 5.74) is 6.96. The van der Waals surface area contributed by atoms with Gasteiger partial charge in [-0.3, -0.25) is 4.79 Å². The van der Waals surface area contributed by atoms with E-state index in [4.69, 9.17) is 10.5 Å². The van der Waals surface area contributed by atoms with Gasteiger partial charge in [-0.25, -0.2) is 0 Å². The maximum atomic E-state index is 11.9. The molecule has 0 spiro atoms. The van der Waals surface area contributed by atoms with Crippen molar-refractivity contribution < 1.29 is 9.53 Å². The third-order valence-electron chi connectivity index (χ3n) is 2.90. The molecule has 90 valence electrons. The van der Waals surface area contributed by atoms with Gasteiger partial charge in [-0.15, -0.1) is 0 Å².